The minimum absolute atomic E-state index is 0.289. The number of nitrogens with zero attached hydrogens (tertiary/aromatic N) is 2. The van der Waals surface area contributed by atoms with Crippen LogP contribution in [0.15, 0.2) is 0 Å². The molecule has 1 aliphatic carbocycles. The largest absolute Gasteiger partial charge is 0.271 e. The van der Waals surface area contributed by atoms with Crippen LogP contribution in [0, 0.1) is 11.8 Å². The number of aromatic nitrogens is 2. The molecule has 0 aliphatic heterocycles. The molecule has 0 radical (unpaired) electrons. The monoisotopic (exact) mass is 312 g/mol. The van der Waals surface area contributed by atoms with Gasteiger partial charge in [-0.05, 0) is 38.0 Å². The topological polar surface area (TPSA) is 55.9 Å². The fourth-order valence-corrected chi connectivity index (χ4v) is 3.97. The second-order valence-electron chi connectivity index (χ2n) is 6.39. The van der Waals surface area contributed by atoms with E-state index in [0.717, 1.165) is 41.7 Å². The van der Waals surface area contributed by atoms with Gasteiger partial charge in [0.25, 0.3) is 0 Å². The van der Waals surface area contributed by atoms with Gasteiger partial charge in [-0.3, -0.25) is 16.0 Å². The quantitative estimate of drug-likeness (QED) is 0.626. The van der Waals surface area contributed by atoms with Crippen molar-refractivity contribution in [3.05, 3.63) is 16.4 Å². The van der Waals surface area contributed by atoms with E-state index in [1.54, 1.807) is 0 Å². The third kappa shape index (κ3) is 3.79. The molecule has 3 N–H and O–H groups in total. The summed E-state index contributed by atoms with van der Waals surface area (Å²) in [5.74, 6) is 7.30. The molecule has 1 aromatic heterocycles. The Balaban J connectivity index is 2.16. The minimum Gasteiger partial charge on any atom is -0.271 e. The molecule has 0 aromatic carbocycles. The van der Waals surface area contributed by atoms with Crippen LogP contribution >= 0.6 is 11.6 Å². The summed E-state index contributed by atoms with van der Waals surface area (Å²) in [6.45, 7) is 7.41. The number of hydrogen-bond donors (Lipinski definition) is 2. The normalized spacial score (nSPS) is 24.2. The second-order valence-corrected chi connectivity index (χ2v) is 6.76. The average Bonchev–Trinajstić information content (AvgIpc) is 2.80. The lowest BCUT2D eigenvalue weighted by Gasteiger charge is -2.33. The summed E-state index contributed by atoms with van der Waals surface area (Å²) in [6, 6.07) is 0.289. The summed E-state index contributed by atoms with van der Waals surface area (Å²) in [5.41, 5.74) is 5.18. The number of nitrogens with one attached hydrogen (secondary N) is 1. The molecule has 1 heterocycles. The second kappa shape index (κ2) is 7.61. The Hall–Kier alpha value is -0.580. The van der Waals surface area contributed by atoms with E-state index in [-0.39, 0.29) is 6.04 Å². The predicted octanol–water partition coefficient (Wildman–Crippen LogP) is 3.32. The van der Waals surface area contributed by atoms with Crippen molar-refractivity contribution in [2.75, 3.05) is 0 Å². The zero-order chi connectivity index (χ0) is 15.4. The van der Waals surface area contributed by atoms with Crippen LogP contribution in [-0.2, 0) is 19.4 Å². The fourth-order valence-electron chi connectivity index (χ4n) is 3.63. The highest BCUT2D eigenvalue weighted by molar-refractivity contribution is 6.31. The van der Waals surface area contributed by atoms with Gasteiger partial charge in [0.05, 0.1) is 16.4 Å². The van der Waals surface area contributed by atoms with Crippen LogP contribution in [0.1, 0.15) is 57.8 Å². The van der Waals surface area contributed by atoms with Crippen molar-refractivity contribution in [1.82, 2.24) is 15.2 Å². The average molecular weight is 313 g/mol. The van der Waals surface area contributed by atoms with Gasteiger partial charge in [-0.2, -0.15) is 5.10 Å². The molecular weight excluding hydrogens is 284 g/mol. The molecule has 5 heteroatoms. The summed E-state index contributed by atoms with van der Waals surface area (Å²) in [5, 5.41) is 5.45. The van der Waals surface area contributed by atoms with Crippen LogP contribution in [0.4, 0.5) is 0 Å². The highest BCUT2D eigenvalue weighted by atomic mass is 35.5. The molecule has 2 rings (SSSR count). The van der Waals surface area contributed by atoms with Gasteiger partial charge < -0.3 is 0 Å². The summed E-state index contributed by atoms with van der Waals surface area (Å²) < 4.78 is 2.04. The number of hydrogen-bond acceptors (Lipinski definition) is 3. The lowest BCUT2D eigenvalue weighted by Crippen LogP contribution is -2.44. The third-order valence-electron chi connectivity index (χ3n) is 4.87. The van der Waals surface area contributed by atoms with Gasteiger partial charge in [-0.15, -0.1) is 0 Å². The Labute approximate surface area is 133 Å². The molecule has 3 unspecified atom stereocenters. The van der Waals surface area contributed by atoms with E-state index >= 15 is 0 Å². The van der Waals surface area contributed by atoms with Gasteiger partial charge in [-0.25, -0.2) is 0 Å². The van der Waals surface area contributed by atoms with Crippen LogP contribution in [0.25, 0.3) is 0 Å². The Kier molecular flexibility index (Phi) is 6.08. The molecule has 21 heavy (non-hydrogen) atoms. The van der Waals surface area contributed by atoms with Gasteiger partial charge in [0.2, 0.25) is 0 Å². The molecule has 0 saturated heterocycles. The van der Waals surface area contributed by atoms with Crippen LogP contribution in [-0.4, -0.2) is 15.8 Å². The van der Waals surface area contributed by atoms with Gasteiger partial charge in [0.1, 0.15) is 0 Å². The highest BCUT2D eigenvalue weighted by Crippen LogP contribution is 2.33. The van der Waals surface area contributed by atoms with Crippen LogP contribution in [0.3, 0.4) is 0 Å². The minimum atomic E-state index is 0.289. The number of aryl methyl sites for hydroxylation is 2. The predicted molar refractivity (Wildman–Crippen MR) is 88.2 cm³/mol. The first-order valence-electron chi connectivity index (χ1n) is 8.30. The SMILES string of the molecule is CCc1nn(CC)c(CC(NN)C2CCCC(C)C2)c1Cl. The summed E-state index contributed by atoms with van der Waals surface area (Å²) in [7, 11) is 0. The van der Waals surface area contributed by atoms with Gasteiger partial charge >= 0.3 is 0 Å². The molecule has 1 aromatic rings. The first-order valence-corrected chi connectivity index (χ1v) is 8.68. The summed E-state index contributed by atoms with van der Waals surface area (Å²) in [6.07, 6.45) is 6.92. The smallest absolute Gasteiger partial charge is 0.0850 e. The molecule has 0 amide bonds. The first-order chi connectivity index (χ1) is 10.1. The molecule has 1 fully saturated rings. The van der Waals surface area contributed by atoms with Crippen molar-refractivity contribution < 1.29 is 0 Å². The van der Waals surface area contributed by atoms with Crippen LogP contribution in [0.5, 0.6) is 0 Å². The zero-order valence-electron chi connectivity index (χ0n) is 13.5. The van der Waals surface area contributed by atoms with Crippen molar-refractivity contribution in [3.63, 3.8) is 0 Å². The lowest BCUT2D eigenvalue weighted by molar-refractivity contribution is 0.220. The molecule has 120 valence electrons. The Bertz CT molecular complexity index is 457. The molecule has 4 nitrogen and oxygen atoms in total. The van der Waals surface area contributed by atoms with Crippen LogP contribution in [0.2, 0.25) is 5.02 Å². The van der Waals surface area contributed by atoms with Crippen molar-refractivity contribution in [1.29, 1.82) is 0 Å². The maximum Gasteiger partial charge on any atom is 0.0850 e. The van der Waals surface area contributed by atoms with Gasteiger partial charge in [0.15, 0.2) is 0 Å². The Morgan fingerprint density at radius 1 is 1.43 bits per heavy atom. The maximum absolute atomic E-state index is 6.53. The maximum atomic E-state index is 6.53. The Morgan fingerprint density at radius 2 is 2.19 bits per heavy atom. The van der Waals surface area contributed by atoms with Crippen molar-refractivity contribution in [2.45, 2.75) is 71.9 Å². The molecular formula is C16H29ClN4. The van der Waals surface area contributed by atoms with Gasteiger partial charge in [-0.1, -0.05) is 38.3 Å². The molecule has 1 aliphatic rings. The molecule has 0 bridgehead atoms. The molecule has 3 atom stereocenters. The van der Waals surface area contributed by atoms with E-state index in [4.69, 9.17) is 17.4 Å². The summed E-state index contributed by atoms with van der Waals surface area (Å²) >= 11 is 6.53. The standard InChI is InChI=1S/C16H29ClN4/c1-4-13-16(17)15(21(5-2)20-13)10-14(19-18)12-8-6-7-11(3)9-12/h11-12,14,19H,4-10,18H2,1-3H3. The summed E-state index contributed by atoms with van der Waals surface area (Å²) in [4.78, 5) is 0. The van der Waals surface area contributed by atoms with Crippen molar-refractivity contribution in [3.8, 4) is 0 Å². The van der Waals surface area contributed by atoms with Gasteiger partial charge in [0, 0.05) is 19.0 Å². The van der Waals surface area contributed by atoms with E-state index in [1.807, 2.05) is 4.68 Å². The first kappa shape index (κ1) is 16.8. The van der Waals surface area contributed by atoms with E-state index < -0.39 is 0 Å². The van der Waals surface area contributed by atoms with Crippen LogP contribution < -0.4 is 11.3 Å². The number of rotatable bonds is 6. The number of halogens is 1. The van der Waals surface area contributed by atoms with E-state index in [9.17, 15) is 0 Å². The lowest BCUT2D eigenvalue weighted by atomic mass is 9.77. The number of hydrazine groups is 1. The fraction of sp³-hybridized carbons (Fsp3) is 0.812. The molecule has 1 saturated carbocycles. The van der Waals surface area contributed by atoms with Crippen molar-refractivity contribution in [2.24, 2.45) is 17.7 Å². The highest BCUT2D eigenvalue weighted by Gasteiger charge is 2.28. The molecule has 0 spiro atoms. The number of nitrogens with two attached hydrogens (primary N) is 1. The zero-order valence-corrected chi connectivity index (χ0v) is 14.3. The van der Waals surface area contributed by atoms with E-state index in [1.165, 1.54) is 25.7 Å². The van der Waals surface area contributed by atoms with E-state index in [2.05, 4.69) is 31.3 Å². The Morgan fingerprint density at radius 3 is 2.76 bits per heavy atom. The third-order valence-corrected chi connectivity index (χ3v) is 5.30. The van der Waals surface area contributed by atoms with Crippen molar-refractivity contribution >= 4 is 11.6 Å². The van der Waals surface area contributed by atoms with E-state index in [0.29, 0.717) is 5.92 Å².